The minimum atomic E-state index is -0.454. The summed E-state index contributed by atoms with van der Waals surface area (Å²) < 4.78 is 5.44. The molecule has 1 aliphatic heterocycles. The Hall–Kier alpha value is -1.75. The number of amides is 1. The number of aromatic amines is 1. The molecule has 3 rings (SSSR count). The molecule has 0 spiro atoms. The number of H-pyrrole nitrogens is 1. The monoisotopic (exact) mass is 335 g/mol. The number of carbonyl (C=O) groups excluding carboxylic acids is 1. The molecule has 0 saturated carbocycles. The van der Waals surface area contributed by atoms with Crippen LogP contribution in [-0.4, -0.2) is 39.9 Å². The number of piperidine rings is 1. The van der Waals surface area contributed by atoms with Crippen LogP contribution >= 0.6 is 11.6 Å². The maximum absolute atomic E-state index is 12.1. The number of aromatic nitrogens is 2. The Kier molecular flexibility index (Phi) is 4.23. The van der Waals surface area contributed by atoms with Crippen molar-refractivity contribution < 1.29 is 9.53 Å². The van der Waals surface area contributed by atoms with Gasteiger partial charge >= 0.3 is 6.09 Å². The Morgan fingerprint density at radius 1 is 1.35 bits per heavy atom. The summed E-state index contributed by atoms with van der Waals surface area (Å²) in [6.07, 6.45) is 1.56. The largest absolute Gasteiger partial charge is 0.444 e. The van der Waals surface area contributed by atoms with Crippen molar-refractivity contribution in [2.75, 3.05) is 13.1 Å². The molecule has 2 heterocycles. The zero-order valence-corrected chi connectivity index (χ0v) is 14.5. The highest BCUT2D eigenvalue weighted by atomic mass is 35.5. The number of halogens is 1. The molecule has 0 atom stereocenters. The van der Waals surface area contributed by atoms with E-state index in [1.807, 2.05) is 39.0 Å². The molecule has 0 unspecified atom stereocenters. The number of rotatable bonds is 1. The van der Waals surface area contributed by atoms with E-state index in [4.69, 9.17) is 16.3 Å². The molecule has 6 heteroatoms. The van der Waals surface area contributed by atoms with E-state index in [1.54, 1.807) is 4.90 Å². The molecule has 2 aromatic rings. The SMILES string of the molecule is CC(C)(C)OC(=O)N1CCC(c2[nH]nc3ccc(Cl)cc23)CC1. The van der Waals surface area contributed by atoms with Crippen molar-refractivity contribution in [2.45, 2.75) is 45.1 Å². The Balaban J connectivity index is 1.69. The summed E-state index contributed by atoms with van der Waals surface area (Å²) in [6.45, 7) is 7.05. The van der Waals surface area contributed by atoms with Gasteiger partial charge in [0.1, 0.15) is 5.60 Å². The Labute approximate surface area is 140 Å². The van der Waals surface area contributed by atoms with Gasteiger partial charge in [0, 0.05) is 35.1 Å². The topological polar surface area (TPSA) is 58.2 Å². The number of fused-ring (bicyclic) bond motifs is 1. The zero-order valence-electron chi connectivity index (χ0n) is 13.7. The lowest BCUT2D eigenvalue weighted by Crippen LogP contribution is -2.41. The molecule has 23 heavy (non-hydrogen) atoms. The molecule has 0 bridgehead atoms. The van der Waals surface area contributed by atoms with Gasteiger partial charge < -0.3 is 9.64 Å². The number of carbonyl (C=O) groups is 1. The van der Waals surface area contributed by atoms with Crippen LogP contribution in [0, 0.1) is 0 Å². The van der Waals surface area contributed by atoms with E-state index in [1.165, 1.54) is 0 Å². The van der Waals surface area contributed by atoms with Crippen LogP contribution in [0.15, 0.2) is 18.2 Å². The molecule has 1 aromatic heterocycles. The molecule has 5 nitrogen and oxygen atoms in total. The molecule has 1 N–H and O–H groups in total. The van der Waals surface area contributed by atoms with Crippen LogP contribution in [0.2, 0.25) is 5.02 Å². The van der Waals surface area contributed by atoms with E-state index < -0.39 is 5.60 Å². The van der Waals surface area contributed by atoms with Crippen LogP contribution in [0.25, 0.3) is 10.9 Å². The van der Waals surface area contributed by atoms with E-state index in [2.05, 4.69) is 10.2 Å². The van der Waals surface area contributed by atoms with E-state index >= 15 is 0 Å². The fraction of sp³-hybridized carbons (Fsp3) is 0.529. The number of nitrogens with zero attached hydrogens (tertiary/aromatic N) is 2. The van der Waals surface area contributed by atoms with Gasteiger partial charge in [0.05, 0.1) is 5.52 Å². The second-order valence-electron chi connectivity index (χ2n) is 7.04. The molecule has 1 aliphatic rings. The Bertz CT molecular complexity index is 712. The summed E-state index contributed by atoms with van der Waals surface area (Å²) in [5.41, 5.74) is 1.59. The summed E-state index contributed by atoms with van der Waals surface area (Å²) in [7, 11) is 0. The number of hydrogen-bond acceptors (Lipinski definition) is 3. The van der Waals surface area contributed by atoms with Gasteiger partial charge in [0.25, 0.3) is 0 Å². The van der Waals surface area contributed by atoms with E-state index in [-0.39, 0.29) is 6.09 Å². The van der Waals surface area contributed by atoms with Crippen LogP contribution in [0.4, 0.5) is 4.79 Å². The fourth-order valence-electron chi connectivity index (χ4n) is 2.99. The number of benzene rings is 1. The number of likely N-dealkylation sites (tertiary alicyclic amines) is 1. The molecule has 1 amide bonds. The van der Waals surface area contributed by atoms with Gasteiger partial charge in [-0.25, -0.2) is 4.79 Å². The highest BCUT2D eigenvalue weighted by molar-refractivity contribution is 6.31. The van der Waals surface area contributed by atoms with E-state index in [9.17, 15) is 4.79 Å². The maximum Gasteiger partial charge on any atom is 0.410 e. The van der Waals surface area contributed by atoms with E-state index in [0.29, 0.717) is 24.0 Å². The number of nitrogens with one attached hydrogen (secondary N) is 1. The number of hydrogen-bond donors (Lipinski definition) is 1. The first-order valence-electron chi connectivity index (χ1n) is 7.95. The smallest absolute Gasteiger partial charge is 0.410 e. The average molecular weight is 336 g/mol. The first-order chi connectivity index (χ1) is 10.8. The van der Waals surface area contributed by atoms with Crippen molar-refractivity contribution in [1.82, 2.24) is 15.1 Å². The van der Waals surface area contributed by atoms with Crippen LogP contribution < -0.4 is 0 Å². The summed E-state index contributed by atoms with van der Waals surface area (Å²) >= 11 is 6.10. The second kappa shape index (κ2) is 6.04. The fourth-order valence-corrected chi connectivity index (χ4v) is 3.16. The standard InChI is InChI=1S/C17H22ClN3O2/c1-17(2,3)23-16(22)21-8-6-11(7-9-21)15-13-10-12(18)4-5-14(13)19-20-15/h4-5,10-11H,6-9H2,1-3H3,(H,19,20). The average Bonchev–Trinajstić information content (AvgIpc) is 2.88. The van der Waals surface area contributed by atoms with Gasteiger partial charge in [-0.15, -0.1) is 0 Å². The van der Waals surface area contributed by atoms with Crippen molar-refractivity contribution >= 4 is 28.6 Å². The van der Waals surface area contributed by atoms with Gasteiger partial charge in [-0.3, -0.25) is 5.10 Å². The summed E-state index contributed by atoms with van der Waals surface area (Å²) in [5.74, 6) is 0.358. The third-order valence-electron chi connectivity index (χ3n) is 4.10. The second-order valence-corrected chi connectivity index (χ2v) is 7.48. The molecule has 124 valence electrons. The van der Waals surface area contributed by atoms with E-state index in [0.717, 1.165) is 29.4 Å². The maximum atomic E-state index is 12.1. The third-order valence-corrected chi connectivity index (χ3v) is 4.34. The molecule has 1 aromatic carbocycles. The lowest BCUT2D eigenvalue weighted by molar-refractivity contribution is 0.0204. The highest BCUT2D eigenvalue weighted by Gasteiger charge is 2.28. The normalized spacial score (nSPS) is 16.8. The summed E-state index contributed by atoms with van der Waals surface area (Å²) in [6, 6.07) is 5.73. The predicted molar refractivity (Wildman–Crippen MR) is 90.9 cm³/mol. The molecule has 1 fully saturated rings. The zero-order chi connectivity index (χ0) is 16.6. The molecule has 0 radical (unpaired) electrons. The van der Waals surface area contributed by atoms with Crippen molar-refractivity contribution in [3.8, 4) is 0 Å². The van der Waals surface area contributed by atoms with Crippen molar-refractivity contribution in [3.05, 3.63) is 28.9 Å². The van der Waals surface area contributed by atoms with Crippen LogP contribution in [0.3, 0.4) is 0 Å². The van der Waals surface area contributed by atoms with Gasteiger partial charge in [0.2, 0.25) is 0 Å². The van der Waals surface area contributed by atoms with Crippen molar-refractivity contribution in [1.29, 1.82) is 0 Å². The Morgan fingerprint density at radius 2 is 2.04 bits per heavy atom. The molecule has 0 aliphatic carbocycles. The van der Waals surface area contributed by atoms with Gasteiger partial charge in [0.15, 0.2) is 0 Å². The lowest BCUT2D eigenvalue weighted by atomic mass is 9.92. The van der Waals surface area contributed by atoms with Gasteiger partial charge in [-0.05, 0) is 51.8 Å². The number of ether oxygens (including phenoxy) is 1. The Morgan fingerprint density at radius 3 is 2.70 bits per heavy atom. The molecular formula is C17H22ClN3O2. The summed E-state index contributed by atoms with van der Waals surface area (Å²) in [5, 5.41) is 9.29. The van der Waals surface area contributed by atoms with Crippen molar-refractivity contribution in [2.24, 2.45) is 0 Å². The van der Waals surface area contributed by atoms with Gasteiger partial charge in [-0.1, -0.05) is 11.6 Å². The first-order valence-corrected chi connectivity index (χ1v) is 8.33. The molecule has 1 saturated heterocycles. The minimum Gasteiger partial charge on any atom is -0.444 e. The quantitative estimate of drug-likeness (QED) is 0.843. The predicted octanol–water partition coefficient (Wildman–Crippen LogP) is 4.33. The highest BCUT2D eigenvalue weighted by Crippen LogP contribution is 2.33. The van der Waals surface area contributed by atoms with Crippen molar-refractivity contribution in [3.63, 3.8) is 0 Å². The minimum absolute atomic E-state index is 0.228. The van der Waals surface area contributed by atoms with Crippen LogP contribution in [0.5, 0.6) is 0 Å². The van der Waals surface area contributed by atoms with Gasteiger partial charge in [-0.2, -0.15) is 5.10 Å². The molecular weight excluding hydrogens is 314 g/mol. The summed E-state index contributed by atoms with van der Waals surface area (Å²) in [4.78, 5) is 13.9. The van der Waals surface area contributed by atoms with Crippen LogP contribution in [-0.2, 0) is 4.74 Å². The third kappa shape index (κ3) is 3.61. The first kappa shape index (κ1) is 16.1. The lowest BCUT2D eigenvalue weighted by Gasteiger charge is -2.33. The van der Waals surface area contributed by atoms with Crippen LogP contribution in [0.1, 0.15) is 45.2 Å².